The third-order valence-electron chi connectivity index (χ3n) is 4.59. The van der Waals surface area contributed by atoms with Gasteiger partial charge in [0.05, 0.1) is 13.7 Å². The molecule has 0 spiro atoms. The summed E-state index contributed by atoms with van der Waals surface area (Å²) in [5, 5.41) is 4.51. The van der Waals surface area contributed by atoms with Crippen molar-refractivity contribution in [3.05, 3.63) is 46.1 Å². The van der Waals surface area contributed by atoms with Crippen molar-refractivity contribution in [3.63, 3.8) is 0 Å². The summed E-state index contributed by atoms with van der Waals surface area (Å²) in [5.41, 5.74) is 0.734. The van der Waals surface area contributed by atoms with Gasteiger partial charge in [0.1, 0.15) is 18.1 Å². The van der Waals surface area contributed by atoms with Crippen molar-refractivity contribution in [3.8, 4) is 5.75 Å². The van der Waals surface area contributed by atoms with Crippen LogP contribution in [-0.4, -0.2) is 34.0 Å². The Balaban J connectivity index is 2.18. The number of hydrogen-bond donors (Lipinski definition) is 0. The summed E-state index contributed by atoms with van der Waals surface area (Å²) in [4.78, 5) is 24.7. The lowest BCUT2D eigenvalue weighted by molar-refractivity contribution is -0.143. The molecule has 0 fully saturated rings. The molecular weight excluding hydrogens is 358 g/mol. The van der Waals surface area contributed by atoms with E-state index >= 15 is 0 Å². The highest BCUT2D eigenvalue weighted by atomic mass is 16.5. The number of carbonyl (C=O) groups excluding carboxylic acids is 1. The number of aromatic nitrogens is 3. The molecule has 2 rings (SSSR count). The summed E-state index contributed by atoms with van der Waals surface area (Å²) < 4.78 is 13.1. The zero-order chi connectivity index (χ0) is 20.4. The van der Waals surface area contributed by atoms with E-state index < -0.39 is 5.97 Å². The van der Waals surface area contributed by atoms with Crippen LogP contribution in [0.25, 0.3) is 0 Å². The largest absolute Gasteiger partial charge is 0.497 e. The predicted molar refractivity (Wildman–Crippen MR) is 108 cm³/mol. The van der Waals surface area contributed by atoms with Gasteiger partial charge in [0.25, 0.3) is 0 Å². The number of aryl methyl sites for hydroxylation is 1. The van der Waals surface area contributed by atoms with Gasteiger partial charge in [0.15, 0.2) is 0 Å². The van der Waals surface area contributed by atoms with E-state index in [-0.39, 0.29) is 18.8 Å². The van der Waals surface area contributed by atoms with Gasteiger partial charge in [0, 0.05) is 13.0 Å². The fourth-order valence-electron chi connectivity index (χ4n) is 3.05. The molecule has 0 aliphatic rings. The van der Waals surface area contributed by atoms with Crippen LogP contribution in [0.15, 0.2) is 29.1 Å². The number of hydrogen-bond acceptors (Lipinski definition) is 5. The molecule has 7 nitrogen and oxygen atoms in total. The molecule has 0 unspecified atom stereocenters. The van der Waals surface area contributed by atoms with Gasteiger partial charge in [-0.05, 0) is 31.0 Å². The van der Waals surface area contributed by atoms with Crippen LogP contribution in [-0.2, 0) is 29.0 Å². The molecule has 28 heavy (non-hydrogen) atoms. The highest BCUT2D eigenvalue weighted by Crippen LogP contribution is 2.14. The molecule has 1 aromatic heterocycles. The van der Waals surface area contributed by atoms with E-state index in [1.807, 2.05) is 24.3 Å². The topological polar surface area (TPSA) is 75.3 Å². The minimum absolute atomic E-state index is 0.117. The number of unbranched alkanes of at least 4 members (excludes halogenated alkanes) is 4. The molecule has 7 heteroatoms. The smallest absolute Gasteiger partial charge is 0.346 e. The van der Waals surface area contributed by atoms with E-state index in [9.17, 15) is 9.59 Å². The number of ether oxygens (including phenoxy) is 2. The van der Waals surface area contributed by atoms with Gasteiger partial charge in [-0.2, -0.15) is 5.10 Å². The molecule has 1 heterocycles. The molecule has 0 saturated carbocycles. The van der Waals surface area contributed by atoms with Gasteiger partial charge < -0.3 is 9.47 Å². The molecule has 0 atom stereocenters. The van der Waals surface area contributed by atoms with E-state index in [1.54, 1.807) is 14.0 Å². The molecule has 0 aliphatic heterocycles. The van der Waals surface area contributed by atoms with Crippen molar-refractivity contribution in [2.24, 2.45) is 0 Å². The molecule has 0 radical (unpaired) electrons. The first-order chi connectivity index (χ1) is 13.6. The van der Waals surface area contributed by atoms with E-state index in [1.165, 1.54) is 22.1 Å². The molecule has 154 valence electrons. The van der Waals surface area contributed by atoms with Gasteiger partial charge in [-0.25, -0.2) is 9.48 Å². The molecule has 1 aromatic carbocycles. The normalized spacial score (nSPS) is 10.8. The summed E-state index contributed by atoms with van der Waals surface area (Å²) in [6.45, 7) is 4.65. The first-order valence-corrected chi connectivity index (χ1v) is 10.0. The van der Waals surface area contributed by atoms with Crippen LogP contribution < -0.4 is 10.4 Å². The molecule has 0 saturated heterocycles. The highest BCUT2D eigenvalue weighted by molar-refractivity contribution is 5.69. The number of esters is 1. The molecule has 0 N–H and O–H groups in total. The van der Waals surface area contributed by atoms with Crippen LogP contribution in [0.3, 0.4) is 0 Å². The van der Waals surface area contributed by atoms with Gasteiger partial charge in [-0.1, -0.05) is 44.7 Å². The van der Waals surface area contributed by atoms with Crippen LogP contribution in [0, 0.1) is 0 Å². The fourth-order valence-corrected chi connectivity index (χ4v) is 3.05. The number of benzene rings is 1. The Morgan fingerprint density at radius 3 is 2.43 bits per heavy atom. The molecule has 0 bridgehead atoms. The van der Waals surface area contributed by atoms with Gasteiger partial charge in [0.2, 0.25) is 0 Å². The zero-order valence-electron chi connectivity index (χ0n) is 17.1. The maximum Gasteiger partial charge on any atom is 0.346 e. The minimum atomic E-state index is -0.428. The van der Waals surface area contributed by atoms with Crippen LogP contribution in [0.1, 0.15) is 57.3 Å². The van der Waals surface area contributed by atoms with E-state index in [2.05, 4.69) is 12.0 Å². The Morgan fingerprint density at radius 2 is 1.79 bits per heavy atom. The maximum atomic E-state index is 12.8. The monoisotopic (exact) mass is 389 g/mol. The number of nitrogens with zero attached hydrogens (tertiary/aromatic N) is 3. The molecule has 2 aromatic rings. The summed E-state index contributed by atoms with van der Waals surface area (Å²) in [6, 6.07) is 7.60. The fraction of sp³-hybridized carbons (Fsp3) is 0.571. The van der Waals surface area contributed by atoms with Crippen LogP contribution in [0.4, 0.5) is 0 Å². The lowest BCUT2D eigenvalue weighted by Gasteiger charge is -2.06. The van der Waals surface area contributed by atoms with Crippen molar-refractivity contribution in [2.75, 3.05) is 13.7 Å². The SMILES string of the molecule is CCCCCCCn1nc(Cc2ccc(OC)cc2)n(CC(=O)OCC)c1=O. The quantitative estimate of drug-likeness (QED) is 0.412. The molecule has 0 amide bonds. The van der Waals surface area contributed by atoms with Gasteiger partial charge in [-0.15, -0.1) is 0 Å². The first kappa shape index (κ1) is 21.7. The minimum Gasteiger partial charge on any atom is -0.497 e. The van der Waals surface area contributed by atoms with Crippen molar-refractivity contribution in [1.82, 2.24) is 14.3 Å². The summed E-state index contributed by atoms with van der Waals surface area (Å²) >= 11 is 0. The lowest BCUT2D eigenvalue weighted by Crippen LogP contribution is -2.29. The number of methoxy groups -OCH3 is 1. The number of rotatable bonds is 12. The van der Waals surface area contributed by atoms with E-state index in [0.717, 1.165) is 30.6 Å². The van der Waals surface area contributed by atoms with E-state index in [4.69, 9.17) is 9.47 Å². The molecular formula is C21H31N3O4. The third-order valence-corrected chi connectivity index (χ3v) is 4.59. The van der Waals surface area contributed by atoms with Gasteiger partial charge in [-0.3, -0.25) is 9.36 Å². The lowest BCUT2D eigenvalue weighted by atomic mass is 10.1. The Hall–Kier alpha value is -2.57. The maximum absolute atomic E-state index is 12.8. The zero-order valence-corrected chi connectivity index (χ0v) is 17.1. The standard InChI is InChI=1S/C21H31N3O4/c1-4-6-7-8-9-14-24-21(26)23(16-20(25)28-5-2)19(22-24)15-17-10-12-18(27-3)13-11-17/h10-13H,4-9,14-16H2,1-3H3. The average molecular weight is 389 g/mol. The van der Waals surface area contributed by atoms with Crippen LogP contribution in [0.2, 0.25) is 0 Å². The highest BCUT2D eigenvalue weighted by Gasteiger charge is 2.17. The van der Waals surface area contributed by atoms with Crippen molar-refractivity contribution in [2.45, 2.75) is 65.5 Å². The second-order valence-electron chi connectivity index (χ2n) is 6.75. The number of carbonyl (C=O) groups is 1. The van der Waals surface area contributed by atoms with Crippen molar-refractivity contribution >= 4 is 5.97 Å². The Labute approximate surface area is 166 Å². The Kier molecular flexibility index (Phi) is 8.78. The summed E-state index contributed by atoms with van der Waals surface area (Å²) in [5.74, 6) is 0.908. The Morgan fingerprint density at radius 1 is 1.07 bits per heavy atom. The van der Waals surface area contributed by atoms with Crippen molar-refractivity contribution in [1.29, 1.82) is 0 Å². The Bertz CT molecular complexity index is 793. The summed E-state index contributed by atoms with van der Waals surface area (Å²) in [6.07, 6.45) is 5.97. The first-order valence-electron chi connectivity index (χ1n) is 10.0. The van der Waals surface area contributed by atoms with Gasteiger partial charge >= 0.3 is 11.7 Å². The predicted octanol–water partition coefficient (Wildman–Crippen LogP) is 3.18. The van der Waals surface area contributed by atoms with Crippen LogP contribution >= 0.6 is 0 Å². The summed E-state index contributed by atoms with van der Waals surface area (Å²) in [7, 11) is 1.62. The van der Waals surface area contributed by atoms with Crippen molar-refractivity contribution < 1.29 is 14.3 Å². The van der Waals surface area contributed by atoms with E-state index in [0.29, 0.717) is 18.8 Å². The average Bonchev–Trinajstić information content (AvgIpc) is 2.97. The second-order valence-corrected chi connectivity index (χ2v) is 6.75. The van der Waals surface area contributed by atoms with Crippen LogP contribution in [0.5, 0.6) is 5.75 Å². The second kappa shape index (κ2) is 11.3. The molecule has 0 aliphatic carbocycles. The third kappa shape index (κ3) is 6.25.